The van der Waals surface area contributed by atoms with Crippen LogP contribution in [0.4, 0.5) is 39.3 Å². The Bertz CT molecular complexity index is 1360. The molecule has 1 aliphatic heterocycles. The zero-order valence-electron chi connectivity index (χ0n) is 23.1. The molecule has 214 valence electrons. The Hall–Kier alpha value is -3.77. The number of aromatic nitrogens is 2. The van der Waals surface area contributed by atoms with Crippen LogP contribution < -0.4 is 24.6 Å². The van der Waals surface area contributed by atoms with E-state index in [4.69, 9.17) is 21.1 Å². The van der Waals surface area contributed by atoms with Gasteiger partial charge in [-0.1, -0.05) is 23.7 Å². The van der Waals surface area contributed by atoms with Gasteiger partial charge in [0.05, 0.1) is 30.4 Å². The summed E-state index contributed by atoms with van der Waals surface area (Å²) < 4.78 is 24.1. The number of ether oxygens (including phenoxy) is 2. The SMILES string of the molecule is COc1cc(N2CCN(C(=O)OC(C)(C)C)CC2)ccc1Nc1ncc(Cl)c(Nc2ccccc2N(C)[SH]=O)n1. The largest absolute Gasteiger partial charge is 0.494 e. The minimum atomic E-state index is -0.520. The first-order valence-electron chi connectivity index (χ1n) is 12.7. The normalized spacial score (nSPS) is 13.6. The molecule has 0 bridgehead atoms. The molecule has 2 aromatic carbocycles. The molecular weight excluding hydrogens is 554 g/mol. The van der Waals surface area contributed by atoms with Crippen molar-refractivity contribution in [2.24, 2.45) is 0 Å². The van der Waals surface area contributed by atoms with E-state index in [0.717, 1.165) is 5.69 Å². The molecule has 4 rings (SSSR count). The summed E-state index contributed by atoms with van der Waals surface area (Å²) in [4.78, 5) is 25.2. The fourth-order valence-electron chi connectivity index (χ4n) is 4.12. The summed E-state index contributed by atoms with van der Waals surface area (Å²) >= 11 is 6.24. The van der Waals surface area contributed by atoms with Crippen LogP contribution in [-0.2, 0) is 16.6 Å². The number of thiol groups is 1. The molecule has 0 unspecified atom stereocenters. The summed E-state index contributed by atoms with van der Waals surface area (Å²) in [7, 11) is 3.31. The lowest BCUT2D eigenvalue weighted by molar-refractivity contribution is 0.0240. The number of hydrogen-bond acceptors (Lipinski definition) is 9. The van der Waals surface area contributed by atoms with Crippen LogP contribution in [0.15, 0.2) is 48.7 Å². The highest BCUT2D eigenvalue weighted by atomic mass is 35.5. The maximum absolute atomic E-state index is 12.4. The number of piperazine rings is 1. The average Bonchev–Trinajstić information content (AvgIpc) is 2.94. The third-order valence-corrected chi connectivity index (χ3v) is 6.84. The molecule has 0 atom stereocenters. The molecule has 1 fully saturated rings. The Balaban J connectivity index is 1.46. The van der Waals surface area contributed by atoms with Crippen LogP contribution in [-0.4, -0.2) is 71.1 Å². The summed E-state index contributed by atoms with van der Waals surface area (Å²) in [5.41, 5.74) is 2.54. The van der Waals surface area contributed by atoms with Gasteiger partial charge in [-0.3, -0.25) is 4.31 Å². The predicted octanol–water partition coefficient (Wildman–Crippen LogP) is 4.98. The van der Waals surface area contributed by atoms with Crippen LogP contribution in [0.2, 0.25) is 5.02 Å². The number of benzene rings is 2. The van der Waals surface area contributed by atoms with Gasteiger partial charge in [-0.2, -0.15) is 4.98 Å². The number of nitrogens with one attached hydrogen (secondary N) is 2. The van der Waals surface area contributed by atoms with Crippen molar-refractivity contribution in [3.63, 3.8) is 0 Å². The number of carbonyl (C=O) groups excluding carboxylic acids is 1. The van der Waals surface area contributed by atoms with Gasteiger partial charge in [0.1, 0.15) is 28.2 Å². The first-order valence-corrected chi connectivity index (χ1v) is 13.9. The lowest BCUT2D eigenvalue weighted by Gasteiger charge is -2.37. The van der Waals surface area contributed by atoms with Crippen LogP contribution >= 0.6 is 11.6 Å². The molecule has 0 spiro atoms. The monoisotopic (exact) mass is 587 g/mol. The average molecular weight is 588 g/mol. The van der Waals surface area contributed by atoms with Crippen molar-refractivity contribution < 1.29 is 18.5 Å². The number of rotatable bonds is 8. The molecule has 1 aliphatic rings. The van der Waals surface area contributed by atoms with Gasteiger partial charge in [-0.05, 0) is 45.0 Å². The second-order valence-corrected chi connectivity index (χ2v) is 11.3. The van der Waals surface area contributed by atoms with E-state index in [1.54, 1.807) is 23.4 Å². The van der Waals surface area contributed by atoms with Gasteiger partial charge in [0.15, 0.2) is 5.82 Å². The van der Waals surface area contributed by atoms with E-state index in [9.17, 15) is 9.00 Å². The maximum atomic E-state index is 12.4. The van der Waals surface area contributed by atoms with Gasteiger partial charge in [0.2, 0.25) is 5.95 Å². The summed E-state index contributed by atoms with van der Waals surface area (Å²) in [5, 5.41) is 6.74. The number of amides is 1. The summed E-state index contributed by atoms with van der Waals surface area (Å²) in [6.07, 6.45) is 1.21. The topological polar surface area (TPSA) is 112 Å². The van der Waals surface area contributed by atoms with E-state index in [1.165, 1.54) is 6.20 Å². The third kappa shape index (κ3) is 7.24. The molecule has 1 amide bonds. The molecule has 2 heterocycles. The zero-order chi connectivity index (χ0) is 28.9. The third-order valence-electron chi connectivity index (χ3n) is 6.10. The fourth-order valence-corrected chi connectivity index (χ4v) is 4.52. The van der Waals surface area contributed by atoms with Gasteiger partial charge in [-0.15, -0.1) is 0 Å². The van der Waals surface area contributed by atoms with Crippen molar-refractivity contribution in [2.45, 2.75) is 26.4 Å². The first-order chi connectivity index (χ1) is 19.1. The number of hydrogen-bond donors (Lipinski definition) is 3. The summed E-state index contributed by atoms with van der Waals surface area (Å²) in [6.45, 7) is 8.08. The van der Waals surface area contributed by atoms with Crippen LogP contribution in [0.1, 0.15) is 20.8 Å². The van der Waals surface area contributed by atoms with Crippen molar-refractivity contribution in [3.05, 3.63) is 53.7 Å². The highest BCUT2D eigenvalue weighted by Crippen LogP contribution is 2.34. The quantitative estimate of drug-likeness (QED) is 0.314. The van der Waals surface area contributed by atoms with Crippen LogP contribution in [0.5, 0.6) is 5.75 Å². The molecular formula is C27H34ClN7O4S. The van der Waals surface area contributed by atoms with Gasteiger partial charge in [-0.25, -0.2) is 14.0 Å². The predicted molar refractivity (Wildman–Crippen MR) is 161 cm³/mol. The van der Waals surface area contributed by atoms with Gasteiger partial charge >= 0.3 is 6.09 Å². The lowest BCUT2D eigenvalue weighted by atomic mass is 10.2. The van der Waals surface area contributed by atoms with Crippen molar-refractivity contribution in [3.8, 4) is 5.75 Å². The molecule has 3 aromatic rings. The second kappa shape index (κ2) is 12.6. The van der Waals surface area contributed by atoms with Crippen LogP contribution in [0.25, 0.3) is 0 Å². The molecule has 0 aliphatic carbocycles. The minimum Gasteiger partial charge on any atom is -0.494 e. The Morgan fingerprint density at radius 3 is 2.48 bits per heavy atom. The number of para-hydroxylation sites is 2. The van der Waals surface area contributed by atoms with E-state index >= 15 is 0 Å². The maximum Gasteiger partial charge on any atom is 0.410 e. The van der Waals surface area contributed by atoms with E-state index in [0.29, 0.717) is 65.8 Å². The van der Waals surface area contributed by atoms with E-state index in [2.05, 4.69) is 25.5 Å². The Morgan fingerprint density at radius 1 is 1.07 bits per heavy atom. The Kier molecular flexibility index (Phi) is 9.21. The molecule has 40 heavy (non-hydrogen) atoms. The van der Waals surface area contributed by atoms with Crippen LogP contribution in [0, 0.1) is 0 Å². The number of nitrogens with zero attached hydrogens (tertiary/aromatic N) is 5. The first kappa shape index (κ1) is 29.2. The standard InChI is InChI=1S/C27H34ClN7O4S/c1-27(2,3)39-26(36)35-14-12-34(13-15-35)18-10-11-21(23(16-18)38-5)31-25-29-17-19(28)24(32-25)30-20-8-6-7-9-22(20)33(4)40-37/h6-11,16-17,40H,12-15H2,1-5H3,(H2,29,30,31,32). The molecule has 1 saturated heterocycles. The number of methoxy groups -OCH3 is 1. The molecule has 0 saturated carbocycles. The smallest absolute Gasteiger partial charge is 0.410 e. The second-order valence-electron chi connectivity index (χ2n) is 10.1. The van der Waals surface area contributed by atoms with Gasteiger partial charge in [0, 0.05) is 45.0 Å². The Morgan fingerprint density at radius 2 is 1.80 bits per heavy atom. The van der Waals surface area contributed by atoms with Gasteiger partial charge < -0.3 is 29.9 Å². The fraction of sp³-hybridized carbons (Fsp3) is 0.370. The molecule has 1 aromatic heterocycles. The number of carbonyl (C=O) groups is 1. The zero-order valence-corrected chi connectivity index (χ0v) is 24.8. The van der Waals surface area contributed by atoms with Gasteiger partial charge in [0.25, 0.3) is 0 Å². The van der Waals surface area contributed by atoms with E-state index < -0.39 is 5.60 Å². The van der Waals surface area contributed by atoms with Crippen LogP contribution in [0.3, 0.4) is 0 Å². The van der Waals surface area contributed by atoms with E-state index in [1.807, 2.05) is 63.2 Å². The van der Waals surface area contributed by atoms with E-state index in [-0.39, 0.29) is 17.9 Å². The van der Waals surface area contributed by atoms with Crippen molar-refractivity contribution >= 4 is 64.1 Å². The molecule has 2 N–H and O–H groups in total. The molecule has 11 nitrogen and oxygen atoms in total. The summed E-state index contributed by atoms with van der Waals surface area (Å²) in [6, 6.07) is 13.2. The molecule has 13 heteroatoms. The Labute approximate surface area is 243 Å². The number of anilines is 6. The van der Waals surface area contributed by atoms with Crippen molar-refractivity contribution in [1.29, 1.82) is 0 Å². The summed E-state index contributed by atoms with van der Waals surface area (Å²) in [5.74, 6) is 1.32. The van der Waals surface area contributed by atoms with Crippen molar-refractivity contribution in [2.75, 3.05) is 60.2 Å². The van der Waals surface area contributed by atoms with Crippen molar-refractivity contribution in [1.82, 2.24) is 14.9 Å². The highest BCUT2D eigenvalue weighted by molar-refractivity contribution is 7.67. The highest BCUT2D eigenvalue weighted by Gasteiger charge is 2.26. The minimum absolute atomic E-state index is 0.142. The lowest BCUT2D eigenvalue weighted by Crippen LogP contribution is -2.50. The molecule has 0 radical (unpaired) electrons. The number of halogens is 1.